The van der Waals surface area contributed by atoms with Gasteiger partial charge in [0.15, 0.2) is 5.82 Å². The monoisotopic (exact) mass is 381 g/mol. The summed E-state index contributed by atoms with van der Waals surface area (Å²) in [5.74, 6) is 2.86. The summed E-state index contributed by atoms with van der Waals surface area (Å²) in [6.07, 6.45) is 6.55. The van der Waals surface area contributed by atoms with Crippen LogP contribution in [-0.4, -0.2) is 66.0 Å². The summed E-state index contributed by atoms with van der Waals surface area (Å²) in [6, 6.07) is 4.18. The zero-order valence-corrected chi connectivity index (χ0v) is 16.3. The number of piperazine rings is 1. The Balaban J connectivity index is 1.25. The molecule has 0 atom stereocenters. The van der Waals surface area contributed by atoms with Crippen LogP contribution in [0.3, 0.4) is 0 Å². The normalized spacial score (nSPS) is 20.2. The lowest BCUT2D eigenvalue weighted by molar-refractivity contribution is 0.109. The van der Waals surface area contributed by atoms with E-state index in [1.807, 2.05) is 12.3 Å². The maximum absolute atomic E-state index is 5.56. The summed E-state index contributed by atoms with van der Waals surface area (Å²) >= 11 is 0. The molecule has 0 unspecified atom stereocenters. The molecule has 2 aromatic rings. The number of fused-ring (bicyclic) bond motifs is 1. The van der Waals surface area contributed by atoms with Crippen LogP contribution in [0.5, 0.6) is 0 Å². The topological polar surface area (TPSA) is 70.5 Å². The maximum Gasteiger partial charge on any atom is 0.227 e. The Kier molecular flexibility index (Phi) is 4.95. The SMILES string of the molecule is c1cc(N2CCN(c3cc4c(nn3)CCOC4)CC2)nc(N2CCCCC2)n1. The predicted octanol–water partition coefficient (Wildman–Crippen LogP) is 1.66. The number of ether oxygens (including phenoxy) is 1. The van der Waals surface area contributed by atoms with Crippen molar-refractivity contribution in [1.29, 1.82) is 0 Å². The van der Waals surface area contributed by atoms with E-state index in [2.05, 4.69) is 35.9 Å². The van der Waals surface area contributed by atoms with Gasteiger partial charge in [-0.2, -0.15) is 10.1 Å². The van der Waals surface area contributed by atoms with E-state index >= 15 is 0 Å². The van der Waals surface area contributed by atoms with Crippen LogP contribution in [0.4, 0.5) is 17.6 Å². The average molecular weight is 381 g/mol. The lowest BCUT2D eigenvalue weighted by Gasteiger charge is -2.36. The van der Waals surface area contributed by atoms with Crippen LogP contribution < -0.4 is 14.7 Å². The van der Waals surface area contributed by atoms with Crippen LogP contribution >= 0.6 is 0 Å². The van der Waals surface area contributed by atoms with Crippen molar-refractivity contribution in [2.75, 3.05) is 60.6 Å². The summed E-state index contributed by atoms with van der Waals surface area (Å²) in [6.45, 7) is 7.21. The number of hydrogen-bond donors (Lipinski definition) is 0. The first-order valence-corrected chi connectivity index (χ1v) is 10.4. The molecule has 0 aliphatic carbocycles. The van der Waals surface area contributed by atoms with E-state index in [4.69, 9.17) is 9.72 Å². The molecule has 28 heavy (non-hydrogen) atoms. The Morgan fingerprint density at radius 3 is 2.43 bits per heavy atom. The summed E-state index contributed by atoms with van der Waals surface area (Å²) in [5.41, 5.74) is 2.26. The molecule has 8 heteroatoms. The summed E-state index contributed by atoms with van der Waals surface area (Å²) in [4.78, 5) is 16.3. The van der Waals surface area contributed by atoms with Gasteiger partial charge in [0.1, 0.15) is 5.82 Å². The van der Waals surface area contributed by atoms with Crippen molar-refractivity contribution in [3.63, 3.8) is 0 Å². The Labute approximate surface area is 165 Å². The minimum absolute atomic E-state index is 0.651. The standard InChI is InChI=1S/C20H27N7O/c1-2-7-27(8-3-1)20-21-6-4-18(22-20)25-9-11-26(12-10-25)19-14-16-15-28-13-5-17(16)23-24-19/h4,6,14H,1-3,5,7-13,15H2. The van der Waals surface area contributed by atoms with Crippen molar-refractivity contribution in [1.82, 2.24) is 20.2 Å². The molecule has 0 bridgehead atoms. The van der Waals surface area contributed by atoms with Gasteiger partial charge >= 0.3 is 0 Å². The number of piperidine rings is 1. The van der Waals surface area contributed by atoms with Gasteiger partial charge in [0.05, 0.1) is 18.9 Å². The number of hydrogen-bond acceptors (Lipinski definition) is 8. The molecule has 0 saturated carbocycles. The lowest BCUT2D eigenvalue weighted by Crippen LogP contribution is -2.47. The third kappa shape index (κ3) is 3.61. The van der Waals surface area contributed by atoms with Gasteiger partial charge in [-0.15, -0.1) is 5.10 Å². The molecule has 2 fully saturated rings. The van der Waals surface area contributed by atoms with E-state index < -0.39 is 0 Å². The highest BCUT2D eigenvalue weighted by molar-refractivity contribution is 5.48. The summed E-state index contributed by atoms with van der Waals surface area (Å²) in [5, 5.41) is 8.88. The van der Waals surface area contributed by atoms with Crippen molar-refractivity contribution in [3.05, 3.63) is 29.6 Å². The fourth-order valence-electron chi connectivity index (χ4n) is 4.21. The first kappa shape index (κ1) is 17.6. The van der Waals surface area contributed by atoms with Gasteiger partial charge in [0.2, 0.25) is 5.95 Å². The Bertz CT molecular complexity index is 816. The number of rotatable bonds is 3. The van der Waals surface area contributed by atoms with E-state index in [1.165, 1.54) is 24.8 Å². The van der Waals surface area contributed by atoms with Gasteiger partial charge in [0.25, 0.3) is 0 Å². The first-order valence-electron chi connectivity index (χ1n) is 10.4. The van der Waals surface area contributed by atoms with E-state index in [1.54, 1.807) is 0 Å². The Morgan fingerprint density at radius 2 is 1.61 bits per heavy atom. The van der Waals surface area contributed by atoms with Crippen LogP contribution in [0.25, 0.3) is 0 Å². The van der Waals surface area contributed by atoms with E-state index in [9.17, 15) is 0 Å². The molecule has 5 heterocycles. The largest absolute Gasteiger partial charge is 0.376 e. The van der Waals surface area contributed by atoms with Gasteiger partial charge in [-0.3, -0.25) is 0 Å². The molecule has 5 rings (SSSR count). The molecule has 0 N–H and O–H groups in total. The highest BCUT2D eigenvalue weighted by Gasteiger charge is 2.22. The van der Waals surface area contributed by atoms with Crippen molar-refractivity contribution in [3.8, 4) is 0 Å². The van der Waals surface area contributed by atoms with E-state index in [0.29, 0.717) is 6.61 Å². The number of anilines is 3. The van der Waals surface area contributed by atoms with Crippen molar-refractivity contribution in [2.24, 2.45) is 0 Å². The number of nitrogens with zero attached hydrogens (tertiary/aromatic N) is 7. The second-order valence-corrected chi connectivity index (χ2v) is 7.71. The molecular weight excluding hydrogens is 354 g/mol. The molecule has 0 amide bonds. The van der Waals surface area contributed by atoms with Crippen LogP contribution in [0, 0.1) is 0 Å². The minimum atomic E-state index is 0.651. The molecular formula is C20H27N7O. The fraction of sp³-hybridized carbons (Fsp3) is 0.600. The number of aromatic nitrogens is 4. The molecule has 0 radical (unpaired) electrons. The van der Waals surface area contributed by atoms with Gasteiger partial charge in [-0.25, -0.2) is 4.98 Å². The summed E-state index contributed by atoms with van der Waals surface area (Å²) < 4.78 is 5.56. The highest BCUT2D eigenvalue weighted by atomic mass is 16.5. The van der Waals surface area contributed by atoms with Crippen LogP contribution in [0.1, 0.15) is 30.5 Å². The summed E-state index contributed by atoms with van der Waals surface area (Å²) in [7, 11) is 0. The lowest BCUT2D eigenvalue weighted by atomic mass is 10.1. The van der Waals surface area contributed by atoms with Crippen LogP contribution in [0.2, 0.25) is 0 Å². The second kappa shape index (κ2) is 7.87. The van der Waals surface area contributed by atoms with Crippen molar-refractivity contribution < 1.29 is 4.74 Å². The second-order valence-electron chi connectivity index (χ2n) is 7.71. The third-order valence-corrected chi connectivity index (χ3v) is 5.88. The van der Waals surface area contributed by atoms with Gasteiger partial charge in [0, 0.05) is 57.4 Å². The zero-order valence-electron chi connectivity index (χ0n) is 16.3. The van der Waals surface area contributed by atoms with Gasteiger partial charge in [-0.1, -0.05) is 0 Å². The van der Waals surface area contributed by atoms with Crippen LogP contribution in [0.15, 0.2) is 18.3 Å². The average Bonchev–Trinajstić information content (AvgIpc) is 2.79. The van der Waals surface area contributed by atoms with Crippen molar-refractivity contribution >= 4 is 17.6 Å². The van der Waals surface area contributed by atoms with Gasteiger partial charge in [-0.05, 0) is 31.4 Å². The van der Waals surface area contributed by atoms with Crippen molar-refractivity contribution in [2.45, 2.75) is 32.3 Å². The molecule has 148 valence electrons. The van der Waals surface area contributed by atoms with Crippen LogP contribution in [-0.2, 0) is 17.8 Å². The first-order chi connectivity index (χ1) is 13.9. The van der Waals surface area contributed by atoms with E-state index in [-0.39, 0.29) is 0 Å². The Morgan fingerprint density at radius 1 is 0.821 bits per heavy atom. The zero-order chi connectivity index (χ0) is 18.8. The predicted molar refractivity (Wildman–Crippen MR) is 108 cm³/mol. The quantitative estimate of drug-likeness (QED) is 0.795. The molecule has 3 aliphatic rings. The Hall–Kier alpha value is -2.48. The maximum atomic E-state index is 5.56. The molecule has 8 nitrogen and oxygen atoms in total. The molecule has 3 aliphatic heterocycles. The molecule has 0 spiro atoms. The molecule has 0 aromatic carbocycles. The third-order valence-electron chi connectivity index (χ3n) is 5.88. The molecule has 2 aromatic heterocycles. The molecule has 2 saturated heterocycles. The highest BCUT2D eigenvalue weighted by Crippen LogP contribution is 2.23. The van der Waals surface area contributed by atoms with E-state index in [0.717, 1.165) is 75.6 Å². The smallest absolute Gasteiger partial charge is 0.227 e. The fourth-order valence-corrected chi connectivity index (χ4v) is 4.21. The minimum Gasteiger partial charge on any atom is -0.376 e. The van der Waals surface area contributed by atoms with Gasteiger partial charge < -0.3 is 19.4 Å².